The molecule has 1 aliphatic rings. The van der Waals surface area contributed by atoms with Crippen molar-refractivity contribution in [1.29, 1.82) is 0 Å². The Bertz CT molecular complexity index is 1280. The number of fused-ring (bicyclic) bond motifs is 3. The molecule has 0 N–H and O–H groups in total. The van der Waals surface area contributed by atoms with E-state index in [4.69, 9.17) is 6.42 Å². The first-order valence-corrected chi connectivity index (χ1v) is 15.5. The van der Waals surface area contributed by atoms with Crippen molar-refractivity contribution in [2.75, 3.05) is 0 Å². The summed E-state index contributed by atoms with van der Waals surface area (Å²) in [5.74, 6) is 9.79. The Kier molecular flexibility index (Phi) is 10.9. The van der Waals surface area contributed by atoms with Crippen LogP contribution < -0.4 is 0 Å². The fraction of sp³-hybridized carbons (Fsp3) is 0.436. The minimum Gasteiger partial charge on any atom is -0.115 e. The third-order valence-electron chi connectivity index (χ3n) is 8.57. The van der Waals surface area contributed by atoms with E-state index in [1.807, 2.05) is 6.07 Å². The average Bonchev–Trinajstić information content (AvgIpc) is 3.24. The van der Waals surface area contributed by atoms with E-state index in [9.17, 15) is 0 Å². The maximum absolute atomic E-state index is 5.92. The largest absolute Gasteiger partial charge is 0.115 e. The van der Waals surface area contributed by atoms with Gasteiger partial charge in [-0.15, -0.1) is 6.42 Å². The van der Waals surface area contributed by atoms with Crippen molar-refractivity contribution in [3.05, 3.63) is 94.5 Å². The minimum atomic E-state index is 0.0253. The standard InChI is InChI=1S/C39H46/c1-4-7-9-11-13-18-28-39(29-19-14-12-10-8-5-2)37-30-32(6-3)24-26-35(37)36-27-25-34(31-38(36)39)23-22-33-20-16-15-17-21-33/h3,15-17,20-21,24-27,30-31H,4-5,7-14,18-19,28-29H2,1-2H3. The Hall–Kier alpha value is -3.22. The number of hydrogen-bond acceptors (Lipinski definition) is 0. The van der Waals surface area contributed by atoms with Gasteiger partial charge in [-0.3, -0.25) is 0 Å². The molecule has 0 bridgehead atoms. The summed E-state index contributed by atoms with van der Waals surface area (Å²) in [5, 5.41) is 0. The molecule has 0 nitrogen and oxygen atoms in total. The predicted molar refractivity (Wildman–Crippen MR) is 169 cm³/mol. The number of unbranched alkanes of at least 4 members (excludes halogenated alkanes) is 10. The zero-order valence-electron chi connectivity index (χ0n) is 24.3. The van der Waals surface area contributed by atoms with E-state index in [0.29, 0.717) is 0 Å². The highest BCUT2D eigenvalue weighted by atomic mass is 14.4. The summed E-state index contributed by atoms with van der Waals surface area (Å²) in [6.07, 6.45) is 24.1. The van der Waals surface area contributed by atoms with Crippen LogP contribution in [0.2, 0.25) is 0 Å². The highest BCUT2D eigenvalue weighted by Crippen LogP contribution is 2.54. The normalized spacial score (nSPS) is 12.7. The van der Waals surface area contributed by atoms with Crippen LogP contribution in [0.1, 0.15) is 132 Å². The van der Waals surface area contributed by atoms with Crippen LogP contribution in [0, 0.1) is 24.2 Å². The minimum absolute atomic E-state index is 0.0253. The van der Waals surface area contributed by atoms with E-state index in [1.165, 1.54) is 112 Å². The second kappa shape index (κ2) is 14.8. The summed E-state index contributed by atoms with van der Waals surface area (Å²) < 4.78 is 0. The lowest BCUT2D eigenvalue weighted by Gasteiger charge is -2.33. The Labute approximate surface area is 238 Å². The van der Waals surface area contributed by atoms with Crippen LogP contribution in [0.4, 0.5) is 0 Å². The molecule has 0 heterocycles. The first kappa shape index (κ1) is 28.8. The molecular weight excluding hydrogens is 468 g/mol. The molecule has 0 radical (unpaired) electrons. The zero-order valence-corrected chi connectivity index (χ0v) is 24.3. The fourth-order valence-corrected chi connectivity index (χ4v) is 6.41. The Morgan fingerprint density at radius 3 is 1.59 bits per heavy atom. The summed E-state index contributed by atoms with van der Waals surface area (Å²) in [5.41, 5.74) is 8.90. The molecule has 0 amide bonds. The van der Waals surface area contributed by atoms with E-state index < -0.39 is 0 Å². The van der Waals surface area contributed by atoms with Crippen molar-refractivity contribution in [1.82, 2.24) is 0 Å². The molecule has 0 saturated heterocycles. The second-order valence-corrected chi connectivity index (χ2v) is 11.4. The molecule has 3 aromatic rings. The van der Waals surface area contributed by atoms with Crippen LogP contribution in [-0.2, 0) is 5.41 Å². The molecule has 4 rings (SSSR count). The third kappa shape index (κ3) is 7.25. The van der Waals surface area contributed by atoms with Crippen molar-refractivity contribution < 1.29 is 0 Å². The van der Waals surface area contributed by atoms with Crippen molar-refractivity contribution in [2.45, 2.75) is 109 Å². The second-order valence-electron chi connectivity index (χ2n) is 11.4. The summed E-state index contributed by atoms with van der Waals surface area (Å²) in [6, 6.07) is 24.0. The van der Waals surface area contributed by atoms with E-state index in [-0.39, 0.29) is 5.41 Å². The third-order valence-corrected chi connectivity index (χ3v) is 8.57. The molecule has 0 atom stereocenters. The molecule has 0 heteroatoms. The lowest BCUT2D eigenvalue weighted by atomic mass is 9.70. The van der Waals surface area contributed by atoms with Crippen LogP contribution in [0.5, 0.6) is 0 Å². The number of hydrogen-bond donors (Lipinski definition) is 0. The maximum Gasteiger partial charge on any atom is 0.0252 e. The highest BCUT2D eigenvalue weighted by molar-refractivity contribution is 5.82. The van der Waals surface area contributed by atoms with Gasteiger partial charge < -0.3 is 0 Å². The van der Waals surface area contributed by atoms with Crippen LogP contribution >= 0.6 is 0 Å². The summed E-state index contributed by atoms with van der Waals surface area (Å²) in [6.45, 7) is 4.59. The van der Waals surface area contributed by atoms with Crippen molar-refractivity contribution in [3.8, 4) is 35.3 Å². The SMILES string of the molecule is C#Cc1ccc2c(c1)C(CCCCCCCC)(CCCCCCCC)c1cc(C#Cc3ccccc3)ccc1-2. The molecule has 39 heavy (non-hydrogen) atoms. The lowest BCUT2D eigenvalue weighted by Crippen LogP contribution is -2.26. The molecule has 0 aromatic heterocycles. The highest BCUT2D eigenvalue weighted by Gasteiger charge is 2.42. The van der Waals surface area contributed by atoms with Gasteiger partial charge in [-0.1, -0.05) is 139 Å². The molecule has 1 aliphatic carbocycles. The molecule has 3 aromatic carbocycles. The van der Waals surface area contributed by atoms with E-state index in [0.717, 1.165) is 16.7 Å². The van der Waals surface area contributed by atoms with Gasteiger partial charge in [0.15, 0.2) is 0 Å². The van der Waals surface area contributed by atoms with Crippen LogP contribution in [-0.4, -0.2) is 0 Å². The number of rotatable bonds is 14. The van der Waals surface area contributed by atoms with Gasteiger partial charge in [0.1, 0.15) is 0 Å². The van der Waals surface area contributed by atoms with Gasteiger partial charge in [-0.05, 0) is 71.5 Å². The average molecular weight is 515 g/mol. The molecule has 0 saturated carbocycles. The number of benzene rings is 3. The molecule has 0 unspecified atom stereocenters. The van der Waals surface area contributed by atoms with Gasteiger partial charge in [-0.2, -0.15) is 0 Å². The van der Waals surface area contributed by atoms with Gasteiger partial charge in [0.25, 0.3) is 0 Å². The van der Waals surface area contributed by atoms with Crippen molar-refractivity contribution in [2.24, 2.45) is 0 Å². The molecule has 0 aliphatic heterocycles. The van der Waals surface area contributed by atoms with Gasteiger partial charge in [0.2, 0.25) is 0 Å². The van der Waals surface area contributed by atoms with Crippen molar-refractivity contribution in [3.63, 3.8) is 0 Å². The molecular formula is C39H46. The van der Waals surface area contributed by atoms with Crippen molar-refractivity contribution >= 4 is 0 Å². The first-order valence-electron chi connectivity index (χ1n) is 15.5. The van der Waals surface area contributed by atoms with Gasteiger partial charge in [0.05, 0.1) is 0 Å². The Morgan fingerprint density at radius 2 is 1.03 bits per heavy atom. The topological polar surface area (TPSA) is 0 Å². The van der Waals surface area contributed by atoms with E-state index in [2.05, 4.69) is 92.3 Å². The fourth-order valence-electron chi connectivity index (χ4n) is 6.41. The smallest absolute Gasteiger partial charge is 0.0252 e. The van der Waals surface area contributed by atoms with Gasteiger partial charge >= 0.3 is 0 Å². The molecule has 0 fully saturated rings. The summed E-state index contributed by atoms with van der Waals surface area (Å²) in [7, 11) is 0. The first-order chi connectivity index (χ1) is 19.2. The van der Waals surface area contributed by atoms with E-state index in [1.54, 1.807) is 0 Å². The van der Waals surface area contributed by atoms with Crippen LogP contribution in [0.3, 0.4) is 0 Å². The Morgan fingerprint density at radius 1 is 0.538 bits per heavy atom. The summed E-state index contributed by atoms with van der Waals surface area (Å²) >= 11 is 0. The monoisotopic (exact) mass is 514 g/mol. The quantitative estimate of drug-likeness (QED) is 0.148. The number of terminal acetylenes is 1. The van der Waals surface area contributed by atoms with Crippen LogP contribution in [0.15, 0.2) is 66.7 Å². The van der Waals surface area contributed by atoms with Gasteiger partial charge in [-0.25, -0.2) is 0 Å². The Balaban J connectivity index is 1.69. The lowest BCUT2D eigenvalue weighted by molar-refractivity contribution is 0.397. The molecule has 202 valence electrons. The zero-order chi connectivity index (χ0) is 27.3. The predicted octanol–water partition coefficient (Wildman–Crippen LogP) is 10.8. The summed E-state index contributed by atoms with van der Waals surface area (Å²) in [4.78, 5) is 0. The van der Waals surface area contributed by atoms with Crippen LogP contribution in [0.25, 0.3) is 11.1 Å². The maximum atomic E-state index is 5.92. The van der Waals surface area contributed by atoms with Gasteiger partial charge in [0, 0.05) is 22.1 Å². The molecule has 0 spiro atoms. The van der Waals surface area contributed by atoms with E-state index >= 15 is 0 Å².